The molecule has 1 aromatic carbocycles. The summed E-state index contributed by atoms with van der Waals surface area (Å²) < 4.78 is 10.6. The molecule has 0 N–H and O–H groups in total. The van der Waals surface area contributed by atoms with Crippen LogP contribution >= 0.6 is 23.5 Å². The number of ether oxygens (including phenoxy) is 2. The fourth-order valence-corrected chi connectivity index (χ4v) is 2.49. The van der Waals surface area contributed by atoms with Gasteiger partial charge in [-0.1, -0.05) is 0 Å². The highest BCUT2D eigenvalue weighted by molar-refractivity contribution is 7.99. The van der Waals surface area contributed by atoms with Crippen molar-refractivity contribution in [2.24, 2.45) is 0 Å². The van der Waals surface area contributed by atoms with Gasteiger partial charge in [-0.25, -0.2) is 0 Å². The lowest BCUT2D eigenvalue weighted by Crippen LogP contribution is -1.92. The average Bonchev–Trinajstić information content (AvgIpc) is 2.35. The van der Waals surface area contributed by atoms with Crippen LogP contribution in [0.4, 0.5) is 0 Å². The molecule has 0 atom stereocenters. The molecule has 0 aliphatic rings. The molecule has 0 fully saturated rings. The van der Waals surface area contributed by atoms with Crippen molar-refractivity contribution in [3.63, 3.8) is 0 Å². The Balaban J connectivity index is 3.11. The molecule has 0 unspecified atom stereocenters. The van der Waals surface area contributed by atoms with Gasteiger partial charge in [0.2, 0.25) is 0 Å². The van der Waals surface area contributed by atoms with Crippen LogP contribution in [0.15, 0.2) is 21.9 Å². The zero-order chi connectivity index (χ0) is 12.0. The topological polar surface area (TPSA) is 42.2 Å². The Bertz CT molecular complexity index is 402. The molecule has 0 aliphatic carbocycles. The van der Waals surface area contributed by atoms with E-state index in [1.165, 1.54) is 11.8 Å². The molecule has 0 aliphatic heterocycles. The first-order valence-electron chi connectivity index (χ1n) is 4.56. The van der Waals surface area contributed by atoms with Gasteiger partial charge < -0.3 is 9.47 Å². The van der Waals surface area contributed by atoms with Crippen LogP contribution < -0.4 is 9.47 Å². The molecule has 0 aromatic heterocycles. The Hall–Kier alpha value is -0.990. The van der Waals surface area contributed by atoms with Gasteiger partial charge in [0.1, 0.15) is 11.5 Å². The van der Waals surface area contributed by atoms with E-state index in [1.807, 2.05) is 18.4 Å². The molecule has 86 valence electrons. The maximum Gasteiger partial charge on any atom is 0.133 e. The van der Waals surface area contributed by atoms with Crippen LogP contribution in [-0.4, -0.2) is 26.2 Å². The third kappa shape index (κ3) is 3.00. The van der Waals surface area contributed by atoms with Crippen molar-refractivity contribution >= 4 is 23.5 Å². The first-order valence-corrected chi connectivity index (χ1v) is 6.77. The van der Waals surface area contributed by atoms with Crippen LogP contribution in [0.1, 0.15) is 0 Å². The third-order valence-electron chi connectivity index (χ3n) is 1.96. The van der Waals surface area contributed by atoms with E-state index in [0.29, 0.717) is 5.75 Å². The third-order valence-corrected chi connectivity index (χ3v) is 3.62. The molecule has 0 bridgehead atoms. The second kappa shape index (κ2) is 6.56. The molecule has 0 heterocycles. The van der Waals surface area contributed by atoms with Crippen molar-refractivity contribution in [3.05, 3.63) is 12.1 Å². The number of nitriles is 1. The summed E-state index contributed by atoms with van der Waals surface area (Å²) >= 11 is 3.05. The first kappa shape index (κ1) is 13.1. The predicted molar refractivity (Wildman–Crippen MR) is 67.7 cm³/mol. The normalized spacial score (nSPS) is 9.62. The number of thioether (sulfide) groups is 2. The smallest absolute Gasteiger partial charge is 0.133 e. The van der Waals surface area contributed by atoms with Gasteiger partial charge >= 0.3 is 0 Å². The molecule has 1 aromatic rings. The molecule has 1 rings (SSSR count). The van der Waals surface area contributed by atoms with Gasteiger partial charge in [0.05, 0.1) is 35.8 Å². The minimum absolute atomic E-state index is 0.401. The number of nitrogens with zero attached hydrogens (tertiary/aromatic N) is 1. The SMILES string of the molecule is COc1cc(SCC#N)c(OC)cc1SC. The Morgan fingerprint density at radius 3 is 2.25 bits per heavy atom. The zero-order valence-corrected chi connectivity index (χ0v) is 11.1. The number of benzene rings is 1. The molecule has 16 heavy (non-hydrogen) atoms. The largest absolute Gasteiger partial charge is 0.496 e. The van der Waals surface area contributed by atoms with Crippen LogP contribution in [-0.2, 0) is 0 Å². The second-order valence-electron chi connectivity index (χ2n) is 2.80. The lowest BCUT2D eigenvalue weighted by atomic mass is 10.3. The van der Waals surface area contributed by atoms with E-state index >= 15 is 0 Å². The quantitative estimate of drug-likeness (QED) is 0.756. The highest BCUT2D eigenvalue weighted by Crippen LogP contribution is 2.39. The van der Waals surface area contributed by atoms with E-state index in [-0.39, 0.29) is 0 Å². The van der Waals surface area contributed by atoms with Crippen LogP contribution in [0.3, 0.4) is 0 Å². The molecule has 0 saturated heterocycles. The van der Waals surface area contributed by atoms with Gasteiger partial charge in [-0.05, 0) is 18.4 Å². The molecule has 3 nitrogen and oxygen atoms in total. The summed E-state index contributed by atoms with van der Waals surface area (Å²) in [4.78, 5) is 1.96. The molecule has 0 spiro atoms. The summed E-state index contributed by atoms with van der Waals surface area (Å²) in [5.41, 5.74) is 0. The molecular weight excluding hydrogens is 242 g/mol. The number of rotatable bonds is 5. The van der Waals surface area contributed by atoms with E-state index < -0.39 is 0 Å². The highest BCUT2D eigenvalue weighted by atomic mass is 32.2. The molecule has 0 amide bonds. The lowest BCUT2D eigenvalue weighted by molar-refractivity contribution is 0.386. The summed E-state index contributed by atoms with van der Waals surface area (Å²) in [5, 5.41) is 8.57. The van der Waals surface area contributed by atoms with Gasteiger partial charge in [0.15, 0.2) is 0 Å². The monoisotopic (exact) mass is 255 g/mol. The van der Waals surface area contributed by atoms with Gasteiger partial charge in [0.25, 0.3) is 0 Å². The molecule has 0 saturated carbocycles. The number of methoxy groups -OCH3 is 2. The van der Waals surface area contributed by atoms with E-state index in [0.717, 1.165) is 21.3 Å². The second-order valence-corrected chi connectivity index (χ2v) is 4.67. The van der Waals surface area contributed by atoms with Crippen LogP contribution in [0.5, 0.6) is 11.5 Å². The minimum Gasteiger partial charge on any atom is -0.496 e. The summed E-state index contributed by atoms with van der Waals surface area (Å²) in [6.45, 7) is 0. The predicted octanol–water partition coefficient (Wildman–Crippen LogP) is 3.04. The maximum atomic E-state index is 8.57. The van der Waals surface area contributed by atoms with Gasteiger partial charge in [-0.15, -0.1) is 23.5 Å². The highest BCUT2D eigenvalue weighted by Gasteiger charge is 2.10. The van der Waals surface area contributed by atoms with Crippen LogP contribution in [0.25, 0.3) is 0 Å². The fraction of sp³-hybridized carbons (Fsp3) is 0.364. The molecular formula is C11H13NO2S2. The van der Waals surface area contributed by atoms with Crippen LogP contribution in [0, 0.1) is 11.3 Å². The van der Waals surface area contributed by atoms with E-state index in [1.54, 1.807) is 26.0 Å². The van der Waals surface area contributed by atoms with Crippen molar-refractivity contribution in [1.29, 1.82) is 5.26 Å². The van der Waals surface area contributed by atoms with E-state index in [4.69, 9.17) is 14.7 Å². The van der Waals surface area contributed by atoms with Crippen molar-refractivity contribution in [3.8, 4) is 17.6 Å². The Labute approximate surface area is 104 Å². The Morgan fingerprint density at radius 1 is 1.19 bits per heavy atom. The van der Waals surface area contributed by atoms with E-state index in [2.05, 4.69) is 6.07 Å². The van der Waals surface area contributed by atoms with Gasteiger partial charge in [-0.2, -0.15) is 5.26 Å². The first-order chi connectivity index (χ1) is 7.76. The molecule has 5 heteroatoms. The Kier molecular flexibility index (Phi) is 5.36. The summed E-state index contributed by atoms with van der Waals surface area (Å²) in [6, 6.07) is 5.94. The lowest BCUT2D eigenvalue weighted by Gasteiger charge is -2.12. The summed E-state index contributed by atoms with van der Waals surface area (Å²) in [5.74, 6) is 2.00. The van der Waals surface area contributed by atoms with E-state index in [9.17, 15) is 0 Å². The maximum absolute atomic E-state index is 8.57. The standard InChI is InChI=1S/C11H13NO2S2/c1-13-8-7-11(16-5-4-12)9(14-2)6-10(8)15-3/h6-7H,5H2,1-3H3. The van der Waals surface area contributed by atoms with Crippen molar-refractivity contribution in [1.82, 2.24) is 0 Å². The Morgan fingerprint density at radius 2 is 1.75 bits per heavy atom. The van der Waals surface area contributed by atoms with Crippen molar-refractivity contribution in [2.75, 3.05) is 26.2 Å². The van der Waals surface area contributed by atoms with Crippen molar-refractivity contribution in [2.45, 2.75) is 9.79 Å². The minimum atomic E-state index is 0.401. The van der Waals surface area contributed by atoms with Gasteiger partial charge in [0, 0.05) is 0 Å². The number of hydrogen-bond acceptors (Lipinski definition) is 5. The van der Waals surface area contributed by atoms with Crippen molar-refractivity contribution < 1.29 is 9.47 Å². The fourth-order valence-electron chi connectivity index (χ4n) is 1.22. The number of hydrogen-bond donors (Lipinski definition) is 0. The summed E-state index contributed by atoms with van der Waals surface area (Å²) in [7, 11) is 3.27. The summed E-state index contributed by atoms with van der Waals surface area (Å²) in [6.07, 6.45) is 1.99. The van der Waals surface area contributed by atoms with Gasteiger partial charge in [-0.3, -0.25) is 0 Å². The average molecular weight is 255 g/mol. The zero-order valence-electron chi connectivity index (χ0n) is 9.44. The van der Waals surface area contributed by atoms with Crippen LogP contribution in [0.2, 0.25) is 0 Å². The molecule has 0 radical (unpaired) electrons.